The van der Waals surface area contributed by atoms with E-state index in [2.05, 4.69) is 15.2 Å². The van der Waals surface area contributed by atoms with E-state index in [-0.39, 0.29) is 22.7 Å². The molecule has 0 aliphatic carbocycles. The number of carbonyl (C=O) groups is 2. The third kappa shape index (κ3) is 2.47. The number of pyridine rings is 1. The second-order valence-corrected chi connectivity index (χ2v) is 7.58. The molecule has 1 fully saturated rings. The summed E-state index contributed by atoms with van der Waals surface area (Å²) in [5, 5.41) is 8.48. The second kappa shape index (κ2) is 6.50. The topological polar surface area (TPSA) is 79.3 Å². The number of hydrogen-bond acceptors (Lipinski definition) is 5. The number of hydrogen-bond donors (Lipinski definition) is 0. The van der Waals surface area contributed by atoms with Crippen molar-refractivity contribution >= 4 is 35.0 Å². The minimum atomic E-state index is -1.12. The molecule has 0 saturated carbocycles. The van der Waals surface area contributed by atoms with Gasteiger partial charge in [-0.25, -0.2) is 0 Å². The van der Waals surface area contributed by atoms with Crippen LogP contribution in [0.3, 0.4) is 0 Å². The van der Waals surface area contributed by atoms with Gasteiger partial charge in [0.05, 0.1) is 5.56 Å². The van der Waals surface area contributed by atoms with Crippen LogP contribution in [0.25, 0.3) is 0 Å². The van der Waals surface area contributed by atoms with Crippen LogP contribution in [-0.2, 0) is 5.66 Å². The fourth-order valence-corrected chi connectivity index (χ4v) is 4.41. The number of aromatic nitrogens is 3. The largest absolute Gasteiger partial charge is 0.306 e. The average Bonchev–Trinajstić information content (AvgIpc) is 3.25. The van der Waals surface area contributed by atoms with Crippen LogP contribution in [0.2, 0.25) is 10.2 Å². The van der Waals surface area contributed by atoms with Crippen molar-refractivity contribution in [1.29, 1.82) is 0 Å². The van der Waals surface area contributed by atoms with E-state index in [0.29, 0.717) is 29.2 Å². The van der Waals surface area contributed by atoms with Gasteiger partial charge in [0.25, 0.3) is 11.8 Å². The Balaban J connectivity index is 1.74. The maximum atomic E-state index is 13.5. The molecular formula is C20H13Cl2N5O2. The predicted octanol–water partition coefficient (Wildman–Crippen LogP) is 2.99. The van der Waals surface area contributed by atoms with Crippen molar-refractivity contribution in [3.05, 3.63) is 87.4 Å². The smallest absolute Gasteiger partial charge is 0.276 e. The van der Waals surface area contributed by atoms with Crippen LogP contribution in [0.15, 0.2) is 54.9 Å². The highest BCUT2D eigenvalue weighted by Crippen LogP contribution is 2.49. The number of nitrogens with zero attached hydrogens (tertiary/aromatic N) is 5. The molecule has 9 heteroatoms. The van der Waals surface area contributed by atoms with Crippen LogP contribution < -0.4 is 0 Å². The van der Waals surface area contributed by atoms with E-state index in [9.17, 15) is 9.59 Å². The Bertz CT molecular complexity index is 1140. The van der Waals surface area contributed by atoms with Crippen molar-refractivity contribution in [3.63, 3.8) is 0 Å². The summed E-state index contributed by atoms with van der Waals surface area (Å²) in [5.74, 6) is -0.494. The molecule has 7 nitrogen and oxygen atoms in total. The highest BCUT2D eigenvalue weighted by Gasteiger charge is 2.60. The first-order valence-corrected chi connectivity index (χ1v) is 9.63. The molecule has 2 amide bonds. The van der Waals surface area contributed by atoms with Crippen LogP contribution in [0.5, 0.6) is 0 Å². The lowest BCUT2D eigenvalue weighted by Crippen LogP contribution is -2.51. The van der Waals surface area contributed by atoms with E-state index in [0.717, 1.165) is 5.56 Å². The molecule has 2 aliphatic rings. The Morgan fingerprint density at radius 3 is 2.52 bits per heavy atom. The van der Waals surface area contributed by atoms with Gasteiger partial charge in [0.15, 0.2) is 16.5 Å². The number of amides is 2. The predicted molar refractivity (Wildman–Crippen MR) is 106 cm³/mol. The zero-order valence-corrected chi connectivity index (χ0v) is 16.4. The van der Waals surface area contributed by atoms with Gasteiger partial charge < -0.3 is 9.80 Å². The van der Waals surface area contributed by atoms with Gasteiger partial charge in [-0.3, -0.25) is 14.6 Å². The Labute approximate surface area is 175 Å². The van der Waals surface area contributed by atoms with Crippen LogP contribution in [0, 0.1) is 0 Å². The Morgan fingerprint density at radius 2 is 1.79 bits per heavy atom. The zero-order chi connectivity index (χ0) is 20.2. The van der Waals surface area contributed by atoms with Gasteiger partial charge >= 0.3 is 0 Å². The quantitative estimate of drug-likeness (QED) is 0.630. The van der Waals surface area contributed by atoms with Crippen molar-refractivity contribution in [2.24, 2.45) is 0 Å². The summed E-state index contributed by atoms with van der Waals surface area (Å²) in [4.78, 5) is 34.2. The van der Waals surface area contributed by atoms with E-state index in [1.807, 2.05) is 12.1 Å². The lowest BCUT2D eigenvalue weighted by atomic mass is 9.91. The van der Waals surface area contributed by atoms with Crippen LogP contribution in [0.4, 0.5) is 0 Å². The second-order valence-electron chi connectivity index (χ2n) is 6.76. The van der Waals surface area contributed by atoms with E-state index in [4.69, 9.17) is 23.2 Å². The molecule has 0 spiro atoms. The minimum Gasteiger partial charge on any atom is -0.306 e. The molecule has 2 aromatic heterocycles. The van der Waals surface area contributed by atoms with Gasteiger partial charge in [-0.1, -0.05) is 35.3 Å². The van der Waals surface area contributed by atoms with Crippen molar-refractivity contribution in [3.8, 4) is 0 Å². The summed E-state index contributed by atoms with van der Waals surface area (Å²) in [6, 6.07) is 11.8. The zero-order valence-electron chi connectivity index (χ0n) is 14.9. The molecule has 3 aromatic rings. The lowest BCUT2D eigenvalue weighted by Gasteiger charge is -2.40. The van der Waals surface area contributed by atoms with Crippen LogP contribution >= 0.6 is 23.2 Å². The van der Waals surface area contributed by atoms with E-state index in [1.165, 1.54) is 12.1 Å². The van der Waals surface area contributed by atoms with Crippen molar-refractivity contribution < 1.29 is 9.59 Å². The fourth-order valence-electron chi connectivity index (χ4n) is 4.18. The molecule has 1 saturated heterocycles. The van der Waals surface area contributed by atoms with E-state index in [1.54, 1.807) is 40.4 Å². The van der Waals surface area contributed by atoms with Gasteiger partial charge in [0, 0.05) is 41.6 Å². The number of carbonyl (C=O) groups excluding carboxylic acids is 2. The number of benzene rings is 1. The molecule has 29 heavy (non-hydrogen) atoms. The molecule has 0 radical (unpaired) electrons. The summed E-state index contributed by atoms with van der Waals surface area (Å²) in [5.41, 5.74) is 0.947. The van der Waals surface area contributed by atoms with Gasteiger partial charge in [-0.2, -0.15) is 0 Å². The normalized spacial score (nSPS) is 20.0. The van der Waals surface area contributed by atoms with Gasteiger partial charge in [0.1, 0.15) is 0 Å². The molecule has 1 unspecified atom stereocenters. The molecule has 1 atom stereocenters. The van der Waals surface area contributed by atoms with Crippen molar-refractivity contribution in [2.75, 3.05) is 13.1 Å². The first kappa shape index (κ1) is 18.0. The molecule has 0 N–H and O–H groups in total. The molecule has 1 aromatic carbocycles. The molecule has 4 heterocycles. The SMILES string of the molecule is O=C(c1ccc(Cl)nn1)N1CCN2C(=O)c3ccncc3C12c1ccc(Cl)cc1. The molecular weight excluding hydrogens is 413 g/mol. The van der Waals surface area contributed by atoms with Crippen molar-refractivity contribution in [1.82, 2.24) is 25.0 Å². The van der Waals surface area contributed by atoms with Crippen molar-refractivity contribution in [2.45, 2.75) is 5.66 Å². The minimum absolute atomic E-state index is 0.144. The molecule has 2 aliphatic heterocycles. The molecule has 144 valence electrons. The monoisotopic (exact) mass is 425 g/mol. The number of fused-ring (bicyclic) bond motifs is 3. The third-order valence-corrected chi connectivity index (χ3v) is 5.80. The average molecular weight is 426 g/mol. The summed E-state index contributed by atoms with van der Waals surface area (Å²) >= 11 is 11.9. The fraction of sp³-hybridized carbons (Fsp3) is 0.150. The first-order valence-electron chi connectivity index (χ1n) is 8.87. The highest BCUT2D eigenvalue weighted by molar-refractivity contribution is 6.30. The van der Waals surface area contributed by atoms with Crippen LogP contribution in [0.1, 0.15) is 32.0 Å². The maximum Gasteiger partial charge on any atom is 0.276 e. The summed E-state index contributed by atoms with van der Waals surface area (Å²) in [6.45, 7) is 0.717. The third-order valence-electron chi connectivity index (χ3n) is 5.34. The Morgan fingerprint density at radius 1 is 1.00 bits per heavy atom. The summed E-state index contributed by atoms with van der Waals surface area (Å²) < 4.78 is 0. The molecule has 5 rings (SSSR count). The molecule has 0 bridgehead atoms. The summed E-state index contributed by atoms with van der Waals surface area (Å²) in [6.07, 6.45) is 3.21. The first-order chi connectivity index (χ1) is 14.0. The Hall–Kier alpha value is -3.03. The van der Waals surface area contributed by atoms with E-state index >= 15 is 0 Å². The van der Waals surface area contributed by atoms with Gasteiger partial charge in [-0.15, -0.1) is 10.2 Å². The Kier molecular flexibility index (Phi) is 4.04. The maximum absolute atomic E-state index is 13.5. The standard InChI is InChI=1S/C20H13Cl2N5O2/c21-13-3-1-12(2-4-13)20-15-11-23-8-7-14(15)18(28)26(20)9-10-27(20)19(29)16-5-6-17(22)25-24-16/h1-8,11H,9-10H2. The highest BCUT2D eigenvalue weighted by atomic mass is 35.5. The number of rotatable bonds is 2. The van der Waals surface area contributed by atoms with Gasteiger partial charge in [0.2, 0.25) is 0 Å². The van der Waals surface area contributed by atoms with Crippen LogP contribution in [-0.4, -0.2) is 49.9 Å². The number of halogens is 2. The van der Waals surface area contributed by atoms with E-state index < -0.39 is 5.66 Å². The van der Waals surface area contributed by atoms with Gasteiger partial charge in [-0.05, 0) is 30.3 Å². The summed E-state index contributed by atoms with van der Waals surface area (Å²) in [7, 11) is 0. The lowest BCUT2D eigenvalue weighted by molar-refractivity contribution is 0.0370.